The monoisotopic (exact) mass is 447 g/mol. The number of hydrogen-bond acceptors (Lipinski definition) is 4. The average molecular weight is 447 g/mol. The van der Waals surface area contributed by atoms with E-state index in [1.165, 1.54) is 3.57 Å². The van der Waals surface area contributed by atoms with E-state index in [2.05, 4.69) is 52.0 Å². The minimum absolute atomic E-state index is 0.262. The second kappa shape index (κ2) is 7.82. The molecule has 0 unspecified atom stereocenters. The van der Waals surface area contributed by atoms with Crippen molar-refractivity contribution in [1.82, 2.24) is 5.16 Å². The van der Waals surface area contributed by atoms with Crippen molar-refractivity contribution in [3.8, 4) is 16.9 Å². The van der Waals surface area contributed by atoms with Gasteiger partial charge in [-0.3, -0.25) is 4.79 Å². The highest BCUT2D eigenvalue weighted by atomic mass is 127. The molecule has 0 fully saturated rings. The van der Waals surface area contributed by atoms with Crippen LogP contribution in [0.2, 0.25) is 0 Å². The third-order valence-corrected chi connectivity index (χ3v) is 4.74. The first kappa shape index (κ1) is 17.7. The van der Waals surface area contributed by atoms with Crippen molar-refractivity contribution in [2.45, 2.75) is 26.7 Å². The van der Waals surface area contributed by atoms with Crippen molar-refractivity contribution in [3.05, 3.63) is 69.1 Å². The van der Waals surface area contributed by atoms with Gasteiger partial charge in [-0.15, -0.1) is 0 Å². The van der Waals surface area contributed by atoms with Crippen LogP contribution in [0.1, 0.15) is 23.4 Å². The number of halogens is 1. The van der Waals surface area contributed by atoms with Crippen molar-refractivity contribution in [1.29, 1.82) is 0 Å². The van der Waals surface area contributed by atoms with Crippen LogP contribution in [-0.2, 0) is 11.2 Å². The molecule has 0 spiro atoms. The van der Waals surface area contributed by atoms with Crippen molar-refractivity contribution < 1.29 is 14.1 Å². The molecule has 0 amide bonds. The van der Waals surface area contributed by atoms with E-state index in [0.717, 1.165) is 28.1 Å². The van der Waals surface area contributed by atoms with E-state index in [1.807, 2.05) is 38.1 Å². The topological polar surface area (TPSA) is 52.3 Å². The summed E-state index contributed by atoms with van der Waals surface area (Å²) in [5.74, 6) is 1.05. The fourth-order valence-corrected chi connectivity index (χ4v) is 2.99. The van der Waals surface area contributed by atoms with Gasteiger partial charge >= 0.3 is 5.97 Å². The van der Waals surface area contributed by atoms with E-state index in [1.54, 1.807) is 0 Å². The summed E-state index contributed by atoms with van der Waals surface area (Å²) in [4.78, 5) is 12.0. The lowest BCUT2D eigenvalue weighted by Crippen LogP contribution is -2.09. The summed E-state index contributed by atoms with van der Waals surface area (Å²) in [6.45, 7) is 3.73. The summed E-state index contributed by atoms with van der Waals surface area (Å²) < 4.78 is 11.7. The smallest absolute Gasteiger partial charge is 0.311 e. The summed E-state index contributed by atoms with van der Waals surface area (Å²) in [5, 5.41) is 3.89. The summed E-state index contributed by atoms with van der Waals surface area (Å²) in [7, 11) is 0. The molecule has 0 radical (unpaired) electrons. The molecule has 0 saturated heterocycles. The Morgan fingerprint density at radius 1 is 1.04 bits per heavy atom. The summed E-state index contributed by atoms with van der Waals surface area (Å²) in [6.07, 6.45) is 0.864. The molecule has 0 bridgehead atoms. The molecule has 5 heteroatoms. The molecule has 128 valence electrons. The van der Waals surface area contributed by atoms with Crippen LogP contribution >= 0.6 is 22.6 Å². The summed E-state index contributed by atoms with van der Waals surface area (Å²) in [6, 6.07) is 15.8. The van der Waals surface area contributed by atoms with E-state index >= 15 is 0 Å². The van der Waals surface area contributed by atoms with Gasteiger partial charge in [-0.1, -0.05) is 29.4 Å². The number of aromatic nitrogens is 1. The van der Waals surface area contributed by atoms with Crippen LogP contribution in [0.5, 0.6) is 5.75 Å². The van der Waals surface area contributed by atoms with Gasteiger partial charge in [0.25, 0.3) is 0 Å². The standard InChI is InChI=1S/C20H18INO3/c1-13-19(14(2)25-22-13)11-12-20(23)24-18-9-5-16(6-10-18)15-3-7-17(21)8-4-15/h3-10H,11-12H2,1-2H3. The molecule has 0 aliphatic heterocycles. The Bertz CT molecular complexity index is 847. The van der Waals surface area contributed by atoms with Crippen molar-refractivity contribution in [2.75, 3.05) is 0 Å². The lowest BCUT2D eigenvalue weighted by molar-refractivity contribution is -0.134. The van der Waals surface area contributed by atoms with Gasteiger partial charge < -0.3 is 9.26 Å². The summed E-state index contributed by atoms with van der Waals surface area (Å²) >= 11 is 2.28. The molecule has 2 aromatic carbocycles. The molecule has 0 aliphatic rings. The van der Waals surface area contributed by atoms with Crippen LogP contribution in [0.3, 0.4) is 0 Å². The zero-order valence-electron chi connectivity index (χ0n) is 14.1. The van der Waals surface area contributed by atoms with Crippen LogP contribution < -0.4 is 4.74 Å². The first-order valence-electron chi connectivity index (χ1n) is 8.01. The predicted molar refractivity (Wildman–Crippen MR) is 105 cm³/mol. The summed E-state index contributed by atoms with van der Waals surface area (Å²) in [5.41, 5.74) is 4.03. The number of esters is 1. The predicted octanol–water partition coefficient (Wildman–Crippen LogP) is 5.10. The van der Waals surface area contributed by atoms with E-state index in [0.29, 0.717) is 18.6 Å². The molecular formula is C20H18INO3. The van der Waals surface area contributed by atoms with Crippen LogP contribution in [0.15, 0.2) is 53.1 Å². The van der Waals surface area contributed by atoms with Crippen LogP contribution in [0, 0.1) is 17.4 Å². The molecule has 0 saturated carbocycles. The minimum Gasteiger partial charge on any atom is -0.427 e. The van der Waals surface area contributed by atoms with Crippen LogP contribution in [-0.4, -0.2) is 11.1 Å². The first-order chi connectivity index (χ1) is 12.0. The van der Waals surface area contributed by atoms with Gasteiger partial charge in [-0.05, 0) is 78.3 Å². The fraction of sp³-hybridized carbons (Fsp3) is 0.200. The zero-order chi connectivity index (χ0) is 17.8. The normalized spacial score (nSPS) is 10.7. The van der Waals surface area contributed by atoms with Gasteiger partial charge in [-0.2, -0.15) is 0 Å². The first-order valence-corrected chi connectivity index (χ1v) is 9.09. The maximum absolute atomic E-state index is 12.0. The van der Waals surface area contributed by atoms with Crippen LogP contribution in [0.4, 0.5) is 0 Å². The molecule has 3 rings (SSSR count). The molecule has 0 aliphatic carbocycles. The van der Waals surface area contributed by atoms with Crippen molar-refractivity contribution in [3.63, 3.8) is 0 Å². The average Bonchev–Trinajstić information content (AvgIpc) is 2.93. The molecular weight excluding hydrogens is 429 g/mol. The van der Waals surface area contributed by atoms with Gasteiger partial charge in [0, 0.05) is 9.13 Å². The maximum atomic E-state index is 12.0. The van der Waals surface area contributed by atoms with E-state index < -0.39 is 0 Å². The zero-order valence-corrected chi connectivity index (χ0v) is 16.2. The van der Waals surface area contributed by atoms with E-state index in [4.69, 9.17) is 9.26 Å². The maximum Gasteiger partial charge on any atom is 0.311 e. The Morgan fingerprint density at radius 3 is 2.20 bits per heavy atom. The number of rotatable bonds is 5. The fourth-order valence-electron chi connectivity index (χ4n) is 2.63. The van der Waals surface area contributed by atoms with Crippen molar-refractivity contribution in [2.24, 2.45) is 0 Å². The largest absolute Gasteiger partial charge is 0.427 e. The number of ether oxygens (including phenoxy) is 1. The quantitative estimate of drug-likeness (QED) is 0.310. The highest BCUT2D eigenvalue weighted by Crippen LogP contribution is 2.23. The molecule has 4 nitrogen and oxygen atoms in total. The molecule has 1 aromatic heterocycles. The molecule has 25 heavy (non-hydrogen) atoms. The third kappa shape index (κ3) is 4.48. The lowest BCUT2D eigenvalue weighted by atomic mass is 10.1. The van der Waals surface area contributed by atoms with Crippen molar-refractivity contribution >= 4 is 28.6 Å². The van der Waals surface area contributed by atoms with Gasteiger partial charge in [0.05, 0.1) is 12.1 Å². The molecule has 0 N–H and O–H groups in total. The second-order valence-corrected chi connectivity index (χ2v) is 7.05. The number of benzene rings is 2. The van der Waals surface area contributed by atoms with Gasteiger partial charge in [-0.25, -0.2) is 0 Å². The minimum atomic E-state index is -0.262. The lowest BCUT2D eigenvalue weighted by Gasteiger charge is -2.06. The van der Waals surface area contributed by atoms with Crippen LogP contribution in [0.25, 0.3) is 11.1 Å². The Hall–Kier alpha value is -2.15. The van der Waals surface area contributed by atoms with Gasteiger partial charge in [0.2, 0.25) is 0 Å². The number of nitrogens with zero attached hydrogens (tertiary/aromatic N) is 1. The van der Waals surface area contributed by atoms with Gasteiger partial charge in [0.15, 0.2) is 0 Å². The van der Waals surface area contributed by atoms with E-state index in [9.17, 15) is 4.79 Å². The number of carbonyl (C=O) groups excluding carboxylic acids is 1. The highest BCUT2D eigenvalue weighted by Gasteiger charge is 2.12. The Labute approximate surface area is 160 Å². The Kier molecular flexibility index (Phi) is 5.53. The highest BCUT2D eigenvalue weighted by molar-refractivity contribution is 14.1. The number of aryl methyl sites for hydroxylation is 2. The SMILES string of the molecule is Cc1noc(C)c1CCC(=O)Oc1ccc(-c2ccc(I)cc2)cc1. The third-order valence-electron chi connectivity index (χ3n) is 4.02. The molecule has 3 aromatic rings. The van der Waals surface area contributed by atoms with Gasteiger partial charge in [0.1, 0.15) is 11.5 Å². The molecule has 0 atom stereocenters. The Balaban J connectivity index is 1.59. The Morgan fingerprint density at radius 2 is 1.64 bits per heavy atom. The van der Waals surface area contributed by atoms with E-state index in [-0.39, 0.29) is 5.97 Å². The number of carbonyl (C=O) groups is 1. The number of hydrogen-bond donors (Lipinski definition) is 0. The second-order valence-electron chi connectivity index (χ2n) is 5.81. The molecule has 1 heterocycles.